The fraction of sp³-hybridized carbons (Fsp3) is 0.333. The summed E-state index contributed by atoms with van der Waals surface area (Å²) in [5.74, 6) is 0.118. The number of hydrogen-bond acceptors (Lipinski definition) is 2. The van der Waals surface area contributed by atoms with Gasteiger partial charge in [0.05, 0.1) is 6.04 Å². The lowest BCUT2D eigenvalue weighted by Gasteiger charge is -2.36. The maximum Gasteiger partial charge on any atom is 0.254 e. The first-order chi connectivity index (χ1) is 10.7. The van der Waals surface area contributed by atoms with Crippen molar-refractivity contribution in [3.63, 3.8) is 0 Å². The first-order valence-electron chi connectivity index (χ1n) is 7.72. The number of piperidine rings is 1. The number of aryl methyl sites for hydroxylation is 1. The average molecular weight is 312 g/mol. The molecule has 3 nitrogen and oxygen atoms in total. The van der Waals surface area contributed by atoms with Gasteiger partial charge in [-0.15, -0.1) is 0 Å². The lowest BCUT2D eigenvalue weighted by Crippen LogP contribution is -2.38. The van der Waals surface area contributed by atoms with Crippen molar-refractivity contribution >= 4 is 18.1 Å². The molecular formula is C18H20N2OS. The van der Waals surface area contributed by atoms with Crippen molar-refractivity contribution < 1.29 is 4.79 Å². The molecule has 4 heteroatoms. The molecule has 1 amide bonds. The molecule has 1 fully saturated rings. The highest BCUT2D eigenvalue weighted by Gasteiger charge is 2.29. The zero-order valence-electron chi connectivity index (χ0n) is 12.7. The molecule has 1 aromatic carbocycles. The minimum absolute atomic E-state index is 0.118. The van der Waals surface area contributed by atoms with E-state index < -0.39 is 0 Å². The van der Waals surface area contributed by atoms with Crippen molar-refractivity contribution in [2.24, 2.45) is 0 Å². The highest BCUT2D eigenvalue weighted by molar-refractivity contribution is 7.71. The number of amides is 1. The van der Waals surface area contributed by atoms with Crippen LogP contribution in [0.25, 0.3) is 0 Å². The smallest absolute Gasteiger partial charge is 0.254 e. The Morgan fingerprint density at radius 1 is 1.18 bits per heavy atom. The third-order valence-corrected chi connectivity index (χ3v) is 4.54. The van der Waals surface area contributed by atoms with Crippen LogP contribution in [-0.4, -0.2) is 22.3 Å². The van der Waals surface area contributed by atoms with Crippen LogP contribution in [0.2, 0.25) is 0 Å². The van der Waals surface area contributed by atoms with E-state index in [0.29, 0.717) is 0 Å². The zero-order valence-corrected chi connectivity index (χ0v) is 13.5. The highest BCUT2D eigenvalue weighted by Crippen LogP contribution is 2.33. The molecule has 1 atom stereocenters. The fourth-order valence-corrected chi connectivity index (χ4v) is 3.42. The predicted octanol–water partition coefficient (Wildman–Crippen LogP) is 4.42. The second-order valence-electron chi connectivity index (χ2n) is 5.78. The summed E-state index contributed by atoms with van der Waals surface area (Å²) in [7, 11) is 0. The minimum atomic E-state index is 0.118. The van der Waals surface area contributed by atoms with E-state index in [0.717, 1.165) is 41.7 Å². The molecule has 1 N–H and O–H groups in total. The summed E-state index contributed by atoms with van der Waals surface area (Å²) < 4.78 is 0.734. The van der Waals surface area contributed by atoms with E-state index in [-0.39, 0.29) is 11.9 Å². The lowest BCUT2D eigenvalue weighted by molar-refractivity contribution is 0.0610. The van der Waals surface area contributed by atoms with E-state index in [1.807, 2.05) is 48.2 Å². The predicted molar refractivity (Wildman–Crippen MR) is 90.4 cm³/mol. The molecule has 0 spiro atoms. The Balaban J connectivity index is 1.94. The molecule has 1 unspecified atom stereocenters. The number of nitrogens with one attached hydrogen (secondary N) is 1. The summed E-state index contributed by atoms with van der Waals surface area (Å²) >= 11 is 5.18. The highest BCUT2D eigenvalue weighted by atomic mass is 32.1. The molecule has 0 aliphatic carbocycles. The molecule has 22 heavy (non-hydrogen) atoms. The zero-order chi connectivity index (χ0) is 15.5. The van der Waals surface area contributed by atoms with E-state index in [1.54, 1.807) is 0 Å². The Morgan fingerprint density at radius 3 is 2.68 bits per heavy atom. The normalized spacial score (nSPS) is 18.2. The molecule has 0 radical (unpaired) electrons. The Hall–Kier alpha value is -1.94. The van der Waals surface area contributed by atoms with Crippen LogP contribution in [0.5, 0.6) is 0 Å². The van der Waals surface area contributed by atoms with Crippen molar-refractivity contribution in [1.29, 1.82) is 0 Å². The number of aromatic amines is 1. The van der Waals surface area contributed by atoms with Crippen molar-refractivity contribution in [2.45, 2.75) is 32.2 Å². The van der Waals surface area contributed by atoms with Crippen LogP contribution in [0.4, 0.5) is 0 Å². The number of nitrogens with zero attached hydrogens (tertiary/aromatic N) is 1. The van der Waals surface area contributed by atoms with Crippen LogP contribution in [0.3, 0.4) is 0 Å². The first kappa shape index (κ1) is 15.0. The monoisotopic (exact) mass is 312 g/mol. The van der Waals surface area contributed by atoms with Crippen molar-refractivity contribution in [3.8, 4) is 0 Å². The summed E-state index contributed by atoms with van der Waals surface area (Å²) in [5, 5.41) is 0. The van der Waals surface area contributed by atoms with Crippen LogP contribution in [0, 0.1) is 11.6 Å². The Labute approximate surface area is 136 Å². The number of H-pyrrole nitrogens is 1. The second-order valence-corrected chi connectivity index (χ2v) is 6.22. The topological polar surface area (TPSA) is 36.1 Å². The molecule has 0 saturated carbocycles. The van der Waals surface area contributed by atoms with Crippen LogP contribution in [0.1, 0.15) is 46.9 Å². The Bertz CT molecular complexity index is 723. The van der Waals surface area contributed by atoms with Gasteiger partial charge in [-0.2, -0.15) is 0 Å². The van der Waals surface area contributed by atoms with Gasteiger partial charge in [-0.05, 0) is 49.9 Å². The standard InChI is InChI=1S/C18H20N2OS/c1-13-15(10-11-17(22)19-13)16-9-5-6-12-20(16)18(21)14-7-3-2-4-8-14/h2-4,7-8,10-11,16H,5-6,9,12H2,1H3,(H,19,22). The maximum absolute atomic E-state index is 12.9. The molecule has 114 valence electrons. The molecule has 1 aliphatic rings. The minimum Gasteiger partial charge on any atom is -0.350 e. The van der Waals surface area contributed by atoms with E-state index in [1.165, 1.54) is 5.56 Å². The van der Waals surface area contributed by atoms with Gasteiger partial charge in [0.15, 0.2) is 0 Å². The summed E-state index contributed by atoms with van der Waals surface area (Å²) in [6.07, 6.45) is 3.22. The summed E-state index contributed by atoms with van der Waals surface area (Å²) in [5.41, 5.74) is 3.00. The average Bonchev–Trinajstić information content (AvgIpc) is 2.55. The molecule has 2 heterocycles. The van der Waals surface area contributed by atoms with Crippen LogP contribution in [0.15, 0.2) is 42.5 Å². The van der Waals surface area contributed by atoms with Gasteiger partial charge in [-0.3, -0.25) is 4.79 Å². The van der Waals surface area contributed by atoms with Gasteiger partial charge >= 0.3 is 0 Å². The molecule has 0 bridgehead atoms. The number of carbonyl (C=O) groups is 1. The van der Waals surface area contributed by atoms with E-state index in [2.05, 4.69) is 11.1 Å². The number of likely N-dealkylation sites (tertiary alicyclic amines) is 1. The van der Waals surface area contributed by atoms with Crippen molar-refractivity contribution in [3.05, 3.63) is 63.9 Å². The number of hydrogen-bond donors (Lipinski definition) is 1. The van der Waals surface area contributed by atoms with E-state index in [9.17, 15) is 4.79 Å². The fourth-order valence-electron chi connectivity index (χ4n) is 3.19. The van der Waals surface area contributed by atoms with Gasteiger partial charge in [0.25, 0.3) is 5.91 Å². The van der Waals surface area contributed by atoms with E-state index >= 15 is 0 Å². The third kappa shape index (κ3) is 2.97. The van der Waals surface area contributed by atoms with Gasteiger partial charge in [-0.25, -0.2) is 0 Å². The van der Waals surface area contributed by atoms with Crippen molar-refractivity contribution in [2.75, 3.05) is 6.54 Å². The maximum atomic E-state index is 12.9. The third-order valence-electron chi connectivity index (χ3n) is 4.30. The Morgan fingerprint density at radius 2 is 1.95 bits per heavy atom. The van der Waals surface area contributed by atoms with Gasteiger partial charge in [-0.1, -0.05) is 36.5 Å². The van der Waals surface area contributed by atoms with E-state index in [4.69, 9.17) is 12.2 Å². The molecular weight excluding hydrogens is 292 g/mol. The second kappa shape index (κ2) is 6.44. The number of carbonyl (C=O) groups excluding carboxylic acids is 1. The van der Waals surface area contributed by atoms with Crippen molar-refractivity contribution in [1.82, 2.24) is 9.88 Å². The van der Waals surface area contributed by atoms with Gasteiger partial charge in [0.1, 0.15) is 4.64 Å². The number of pyridine rings is 1. The summed E-state index contributed by atoms with van der Waals surface area (Å²) in [6, 6.07) is 13.7. The quantitative estimate of drug-likeness (QED) is 0.833. The molecule has 3 rings (SSSR count). The van der Waals surface area contributed by atoms with Crippen LogP contribution >= 0.6 is 12.2 Å². The Kier molecular flexibility index (Phi) is 4.39. The SMILES string of the molecule is Cc1[nH]c(=S)ccc1C1CCCCN1C(=O)c1ccccc1. The van der Waals surface area contributed by atoms with Crippen LogP contribution < -0.4 is 0 Å². The summed E-state index contributed by atoms with van der Waals surface area (Å²) in [4.78, 5) is 18.1. The van der Waals surface area contributed by atoms with Crippen LogP contribution in [-0.2, 0) is 0 Å². The number of rotatable bonds is 2. The lowest BCUT2D eigenvalue weighted by atomic mass is 9.93. The number of aromatic nitrogens is 1. The molecule has 1 aromatic heterocycles. The molecule has 1 saturated heterocycles. The number of benzene rings is 1. The molecule has 2 aromatic rings. The van der Waals surface area contributed by atoms with Gasteiger partial charge < -0.3 is 9.88 Å². The summed E-state index contributed by atoms with van der Waals surface area (Å²) in [6.45, 7) is 2.85. The van der Waals surface area contributed by atoms with Gasteiger partial charge in [0, 0.05) is 17.8 Å². The van der Waals surface area contributed by atoms with Gasteiger partial charge in [0.2, 0.25) is 0 Å². The first-order valence-corrected chi connectivity index (χ1v) is 8.13. The largest absolute Gasteiger partial charge is 0.350 e. The molecule has 1 aliphatic heterocycles.